The van der Waals surface area contributed by atoms with Crippen molar-refractivity contribution in [3.63, 3.8) is 0 Å². The number of esters is 1. The summed E-state index contributed by atoms with van der Waals surface area (Å²) >= 11 is 5.71. The fraction of sp³-hybridized carbons (Fsp3) is 0.167. The van der Waals surface area contributed by atoms with E-state index in [2.05, 4.69) is 10.1 Å². The molecule has 0 spiro atoms. The van der Waals surface area contributed by atoms with Crippen molar-refractivity contribution in [2.24, 2.45) is 0 Å². The maximum absolute atomic E-state index is 13.8. The van der Waals surface area contributed by atoms with Gasteiger partial charge in [0.05, 0.1) is 12.2 Å². The van der Waals surface area contributed by atoms with Gasteiger partial charge in [0.1, 0.15) is 5.15 Å². The summed E-state index contributed by atoms with van der Waals surface area (Å²) in [5.41, 5.74) is -0.130. The van der Waals surface area contributed by atoms with E-state index in [4.69, 9.17) is 16.3 Å². The number of hydrogen-bond donors (Lipinski definition) is 0. The fourth-order valence-electron chi connectivity index (χ4n) is 1.51. The second-order valence-corrected chi connectivity index (χ2v) is 4.04. The maximum Gasteiger partial charge on any atom is 0.358 e. The monoisotopic (exact) mass is 297 g/mol. The lowest BCUT2D eigenvalue weighted by molar-refractivity contribution is 0.0519. The molecule has 2 heterocycles. The molecular weight excluding hydrogens is 289 g/mol. The largest absolute Gasteiger partial charge is 0.461 e. The Morgan fingerprint density at radius 3 is 2.95 bits per heavy atom. The van der Waals surface area contributed by atoms with Crippen LogP contribution in [0.3, 0.4) is 0 Å². The van der Waals surface area contributed by atoms with Gasteiger partial charge in [0.25, 0.3) is 0 Å². The molecule has 6 nitrogen and oxygen atoms in total. The highest BCUT2D eigenvalue weighted by Gasteiger charge is 2.19. The van der Waals surface area contributed by atoms with Crippen LogP contribution in [0, 0.1) is 5.95 Å². The third-order valence-electron chi connectivity index (χ3n) is 2.35. The van der Waals surface area contributed by atoms with Crippen LogP contribution < -0.4 is 0 Å². The van der Waals surface area contributed by atoms with Crippen molar-refractivity contribution < 1.29 is 18.7 Å². The van der Waals surface area contributed by atoms with Crippen LogP contribution in [-0.2, 0) is 4.74 Å². The van der Waals surface area contributed by atoms with Crippen molar-refractivity contribution in [3.8, 4) is 5.82 Å². The zero-order chi connectivity index (χ0) is 14.7. The summed E-state index contributed by atoms with van der Waals surface area (Å²) in [6, 6.07) is 3.67. The van der Waals surface area contributed by atoms with Crippen LogP contribution in [-0.4, -0.2) is 33.6 Å². The summed E-state index contributed by atoms with van der Waals surface area (Å²) < 4.78 is 19.3. The number of carbonyl (C=O) groups excluding carboxylic acids is 2. The topological polar surface area (TPSA) is 74.1 Å². The Kier molecular flexibility index (Phi) is 4.09. The highest BCUT2D eigenvalue weighted by Crippen LogP contribution is 2.16. The predicted molar refractivity (Wildman–Crippen MR) is 67.7 cm³/mol. The second kappa shape index (κ2) is 5.79. The van der Waals surface area contributed by atoms with Gasteiger partial charge < -0.3 is 4.74 Å². The van der Waals surface area contributed by atoms with Gasteiger partial charge in [0.15, 0.2) is 17.8 Å². The van der Waals surface area contributed by atoms with E-state index < -0.39 is 11.9 Å². The van der Waals surface area contributed by atoms with E-state index in [1.807, 2.05) is 0 Å². The lowest BCUT2D eigenvalue weighted by Crippen LogP contribution is -2.09. The molecule has 0 aliphatic carbocycles. The number of pyridine rings is 1. The first-order valence-corrected chi connectivity index (χ1v) is 5.99. The molecule has 0 aliphatic rings. The fourth-order valence-corrected chi connectivity index (χ4v) is 1.65. The number of carbonyl (C=O) groups is 2. The summed E-state index contributed by atoms with van der Waals surface area (Å²) in [5.74, 6) is -1.72. The van der Waals surface area contributed by atoms with Crippen molar-refractivity contribution in [2.45, 2.75) is 6.92 Å². The predicted octanol–water partition coefficient (Wildman–Crippen LogP) is 2.05. The summed E-state index contributed by atoms with van der Waals surface area (Å²) in [6.07, 6.45) is 0.490. The lowest BCUT2D eigenvalue weighted by Gasteiger charge is -2.04. The average molecular weight is 298 g/mol. The van der Waals surface area contributed by atoms with Crippen LogP contribution in [0.1, 0.15) is 27.8 Å². The number of nitrogens with zero attached hydrogens (tertiary/aromatic N) is 3. The average Bonchev–Trinajstić information content (AvgIpc) is 2.81. The quantitative estimate of drug-likeness (QED) is 0.490. The van der Waals surface area contributed by atoms with Crippen LogP contribution >= 0.6 is 11.6 Å². The van der Waals surface area contributed by atoms with Gasteiger partial charge in [-0.05, 0) is 19.1 Å². The summed E-state index contributed by atoms with van der Waals surface area (Å²) in [7, 11) is 0. The molecule has 2 aromatic heterocycles. The second-order valence-electron chi connectivity index (χ2n) is 3.65. The molecule has 0 atom stereocenters. The van der Waals surface area contributed by atoms with Gasteiger partial charge in [0.2, 0.25) is 5.95 Å². The molecule has 0 N–H and O–H groups in total. The number of hydrogen-bond acceptors (Lipinski definition) is 5. The molecule has 0 aliphatic heterocycles. The van der Waals surface area contributed by atoms with Crippen LogP contribution in [0.2, 0.25) is 5.15 Å². The minimum Gasteiger partial charge on any atom is -0.461 e. The molecule has 0 fully saturated rings. The molecule has 2 aromatic rings. The van der Waals surface area contributed by atoms with Crippen LogP contribution in [0.15, 0.2) is 18.2 Å². The molecule has 2 rings (SSSR count). The van der Waals surface area contributed by atoms with Crippen molar-refractivity contribution >= 4 is 23.9 Å². The molecule has 20 heavy (non-hydrogen) atoms. The van der Waals surface area contributed by atoms with E-state index in [0.717, 1.165) is 10.7 Å². The lowest BCUT2D eigenvalue weighted by atomic mass is 10.3. The van der Waals surface area contributed by atoms with Crippen LogP contribution in [0.5, 0.6) is 0 Å². The van der Waals surface area contributed by atoms with Gasteiger partial charge in [-0.2, -0.15) is 14.2 Å². The van der Waals surface area contributed by atoms with Gasteiger partial charge in [0, 0.05) is 6.07 Å². The summed E-state index contributed by atoms with van der Waals surface area (Å²) in [4.78, 5) is 26.2. The smallest absolute Gasteiger partial charge is 0.358 e. The number of rotatable bonds is 4. The standard InChI is InChI=1S/C12H9ClFN3O3/c1-2-20-12(19)8-5-10(14)17(16-8)11-7(6-18)3-4-9(13)15-11/h3-6H,2H2,1H3. The maximum atomic E-state index is 13.8. The van der Waals surface area contributed by atoms with E-state index in [0.29, 0.717) is 6.29 Å². The van der Waals surface area contributed by atoms with Gasteiger partial charge in [-0.1, -0.05) is 11.6 Å². The Labute approximate surface area is 118 Å². The zero-order valence-electron chi connectivity index (χ0n) is 10.3. The van der Waals surface area contributed by atoms with Crippen molar-refractivity contribution in [1.29, 1.82) is 0 Å². The molecule has 0 radical (unpaired) electrons. The van der Waals surface area contributed by atoms with Crippen LogP contribution in [0.25, 0.3) is 5.82 Å². The van der Waals surface area contributed by atoms with Gasteiger partial charge >= 0.3 is 5.97 Å². The molecule has 0 unspecified atom stereocenters. The molecule has 8 heteroatoms. The minimum absolute atomic E-state index is 0.0678. The third-order valence-corrected chi connectivity index (χ3v) is 2.56. The summed E-state index contributed by atoms with van der Waals surface area (Å²) in [5, 5.41) is 3.80. The molecule has 0 aromatic carbocycles. The number of halogens is 2. The van der Waals surface area contributed by atoms with E-state index in [1.54, 1.807) is 6.92 Å². The minimum atomic E-state index is -0.856. The SMILES string of the molecule is CCOC(=O)c1cc(F)n(-c2nc(Cl)ccc2C=O)n1. The summed E-state index contributed by atoms with van der Waals surface area (Å²) in [6.45, 7) is 1.76. The van der Waals surface area contributed by atoms with Gasteiger partial charge in [-0.3, -0.25) is 4.79 Å². The number of aldehydes is 1. The Balaban J connectivity index is 2.51. The Hall–Kier alpha value is -2.28. The Morgan fingerprint density at radius 2 is 2.30 bits per heavy atom. The van der Waals surface area contributed by atoms with Crippen LogP contribution in [0.4, 0.5) is 4.39 Å². The van der Waals surface area contributed by atoms with Gasteiger partial charge in [-0.25, -0.2) is 9.78 Å². The van der Waals surface area contributed by atoms with E-state index in [-0.39, 0.29) is 28.8 Å². The van der Waals surface area contributed by atoms with Crippen molar-refractivity contribution in [1.82, 2.24) is 14.8 Å². The molecule has 104 valence electrons. The number of ether oxygens (including phenoxy) is 1. The van der Waals surface area contributed by atoms with E-state index >= 15 is 0 Å². The first-order chi connectivity index (χ1) is 9.56. The van der Waals surface area contributed by atoms with Crippen molar-refractivity contribution in [2.75, 3.05) is 6.61 Å². The van der Waals surface area contributed by atoms with Crippen molar-refractivity contribution in [3.05, 3.63) is 40.6 Å². The Bertz CT molecular complexity index is 672. The molecule has 0 amide bonds. The third kappa shape index (κ3) is 2.67. The molecule has 0 saturated carbocycles. The number of aromatic nitrogens is 3. The van der Waals surface area contributed by atoms with Gasteiger partial charge in [-0.15, -0.1) is 0 Å². The molecular formula is C12H9ClFN3O3. The first-order valence-electron chi connectivity index (χ1n) is 5.61. The zero-order valence-corrected chi connectivity index (χ0v) is 11.1. The molecule has 0 saturated heterocycles. The Morgan fingerprint density at radius 1 is 1.55 bits per heavy atom. The highest BCUT2D eigenvalue weighted by atomic mass is 35.5. The van der Waals surface area contributed by atoms with E-state index in [9.17, 15) is 14.0 Å². The normalized spacial score (nSPS) is 10.3. The molecule has 0 bridgehead atoms. The highest BCUT2D eigenvalue weighted by molar-refractivity contribution is 6.29. The first kappa shape index (κ1) is 14.1. The van der Waals surface area contributed by atoms with E-state index in [1.165, 1.54) is 12.1 Å².